The van der Waals surface area contributed by atoms with Crippen molar-refractivity contribution in [3.05, 3.63) is 108 Å². The van der Waals surface area contributed by atoms with Crippen molar-refractivity contribution in [2.45, 2.75) is 268 Å². The standard InChI is InChI=1S/C94H148N30O24S2/c1-13-49(6)73(123-88(143)63(33-48(4)5)114-76(131)50(7)108-72(129)41-104-71(128)40-105-80(135)68(42-125)121-86(141)65(35-56-24-18-15-19-25-56)118-87(142)67(37-58-39-101-46-107-58)115-79(134)59(95)26-20-29-102-93(96)97)90(145)119-66(36-57-38-100-45-106-57)83(138)110-53(10)77(132)112-60(27-21-30-103-94(98)99)81(136)117-64(34-55-22-16-14-17-23-55)85(140)116-62(32-47(2)3)84(139)113-61(28-31-150-12)82(137)124-74(54(11)127)91(146)111-51(8)75(130)109-52(9)78(133)120-69(43-126)89(144)122-70(44-149)92(147)148/h14-19,22-25,38-39,45-54,59-70,73-74,125-127,149H,13,20-21,26-37,40-44,95H2,1-12H3,(H,100,106)(H,101,107)(H,104,128)(H,105,135)(H,108,129)(H,109,130)(H,110,138)(H,111,146)(H,112,132)(H,113,139)(H,114,131)(H,115,134)(H,116,140)(H,117,136)(H,118,142)(H,119,145)(H,120,133)(H,121,141)(H,122,144)(H,123,143)(H,124,137)(H,147,148)(H4,96,97,102)(H4,98,99,103)/t49-,50-,51-,52-,53-,54+,59-,60-,61-,62-,63-,64-,65-,66-,67-,68-,69-,70-,73-,74-/m0/s1. The lowest BCUT2D eigenvalue weighted by Gasteiger charge is -2.29. The van der Waals surface area contributed by atoms with Crippen molar-refractivity contribution in [1.29, 1.82) is 10.8 Å². The van der Waals surface area contributed by atoms with Gasteiger partial charge in [0.05, 0.1) is 51.1 Å². The molecule has 20 atom stereocenters. The van der Waals surface area contributed by atoms with Gasteiger partial charge in [-0.25, -0.2) is 14.8 Å². The number of thioether (sulfide) groups is 1. The number of nitrogens with two attached hydrogens (primary N) is 3. The lowest BCUT2D eigenvalue weighted by Crippen LogP contribution is -2.62. The van der Waals surface area contributed by atoms with Crippen molar-refractivity contribution < 1.29 is 116 Å². The molecule has 0 saturated heterocycles. The van der Waals surface area contributed by atoms with Crippen LogP contribution in [0.3, 0.4) is 0 Å². The number of carbonyl (C=O) groups excluding carboxylic acids is 19. The molecule has 4 aromatic rings. The van der Waals surface area contributed by atoms with Crippen LogP contribution in [0.4, 0.5) is 0 Å². The first kappa shape index (κ1) is 128. The number of nitrogens with one attached hydrogen (secondary N) is 25. The molecule has 0 spiro atoms. The van der Waals surface area contributed by atoms with Gasteiger partial charge in [0.1, 0.15) is 103 Å². The summed E-state index contributed by atoms with van der Waals surface area (Å²) in [6.45, 7) is 13.1. The molecule has 0 aliphatic carbocycles. The highest BCUT2D eigenvalue weighted by molar-refractivity contribution is 7.98. The Kier molecular flexibility index (Phi) is 56.7. The van der Waals surface area contributed by atoms with Crippen LogP contribution < -0.4 is 129 Å². The molecule has 0 aliphatic heterocycles. The Bertz CT molecular complexity index is 5130. The Labute approximate surface area is 877 Å². The van der Waals surface area contributed by atoms with Gasteiger partial charge in [0, 0.05) is 68.3 Å². The van der Waals surface area contributed by atoms with Gasteiger partial charge in [-0.1, -0.05) is 109 Å². The normalized spacial score (nSPS) is 15.1. The van der Waals surface area contributed by atoms with Crippen LogP contribution in [0.15, 0.2) is 85.7 Å². The van der Waals surface area contributed by atoms with E-state index in [9.17, 15) is 116 Å². The van der Waals surface area contributed by atoms with E-state index in [0.29, 0.717) is 28.9 Å². The number of aliphatic hydroxyl groups excluding tert-OH is 3. The number of aromatic amines is 2. The minimum atomic E-state index is -1.79. The molecule has 0 bridgehead atoms. The van der Waals surface area contributed by atoms with Crippen molar-refractivity contribution in [3.8, 4) is 0 Å². The van der Waals surface area contributed by atoms with Gasteiger partial charge in [-0.3, -0.25) is 102 Å². The first-order valence-electron chi connectivity index (χ1n) is 48.8. The van der Waals surface area contributed by atoms with Crippen LogP contribution in [0, 0.1) is 28.6 Å². The summed E-state index contributed by atoms with van der Waals surface area (Å²) in [5.41, 5.74) is 18.9. The van der Waals surface area contributed by atoms with Crippen LogP contribution in [-0.4, -0.2) is 342 Å². The van der Waals surface area contributed by atoms with Gasteiger partial charge in [0.2, 0.25) is 112 Å². The van der Waals surface area contributed by atoms with E-state index in [4.69, 9.17) is 28.0 Å². The molecule has 4 rings (SSSR count). The molecule has 2 heterocycles. The fraction of sp³-hybridized carbons (Fsp3) is 0.574. The molecule has 830 valence electrons. The van der Waals surface area contributed by atoms with E-state index in [2.05, 4.69) is 144 Å². The number of amides is 19. The summed E-state index contributed by atoms with van der Waals surface area (Å²) in [6.07, 6.45) is 5.05. The van der Waals surface area contributed by atoms with Gasteiger partial charge in [-0.2, -0.15) is 24.4 Å². The zero-order chi connectivity index (χ0) is 112. The maximum atomic E-state index is 14.9. The minimum absolute atomic E-state index is 0.00854. The zero-order valence-electron chi connectivity index (χ0n) is 85.9. The predicted octanol–water partition coefficient (Wildman–Crippen LogP) is -8.92. The maximum absolute atomic E-state index is 14.9. The van der Waals surface area contributed by atoms with Crippen LogP contribution in [0.2, 0.25) is 0 Å². The molecular weight excluding hydrogens is 2000 g/mol. The van der Waals surface area contributed by atoms with Gasteiger partial charge >= 0.3 is 5.97 Å². The number of hydrogen-bond donors (Lipinski definition) is 33. The lowest BCUT2D eigenvalue weighted by atomic mass is 9.96. The van der Waals surface area contributed by atoms with Crippen molar-refractivity contribution in [3.63, 3.8) is 0 Å². The van der Waals surface area contributed by atoms with Crippen LogP contribution in [0.25, 0.3) is 0 Å². The summed E-state index contributed by atoms with van der Waals surface area (Å²) < 4.78 is 0. The third-order valence-corrected chi connectivity index (χ3v) is 24.1. The first-order valence-corrected chi connectivity index (χ1v) is 50.8. The van der Waals surface area contributed by atoms with E-state index < -0.39 is 271 Å². The largest absolute Gasteiger partial charge is 0.480 e. The molecule has 0 saturated carbocycles. The fourth-order valence-electron chi connectivity index (χ4n) is 14.4. The number of benzene rings is 2. The third kappa shape index (κ3) is 46.8. The Morgan fingerprint density at radius 2 is 0.727 bits per heavy atom. The van der Waals surface area contributed by atoms with Gasteiger partial charge in [0.25, 0.3) is 0 Å². The first-order chi connectivity index (χ1) is 70.9. The van der Waals surface area contributed by atoms with E-state index in [0.717, 1.165) is 6.92 Å². The monoisotopic (exact) mass is 2150 g/mol. The molecular formula is C94H148N30O24S2. The fourth-order valence-corrected chi connectivity index (χ4v) is 15.2. The van der Waals surface area contributed by atoms with Crippen molar-refractivity contribution in [2.24, 2.45) is 35.0 Å². The maximum Gasteiger partial charge on any atom is 0.327 e. The number of aromatic nitrogens is 4. The molecule has 0 fully saturated rings. The number of H-pyrrole nitrogens is 2. The summed E-state index contributed by atoms with van der Waals surface area (Å²) in [7, 11) is 0. The summed E-state index contributed by atoms with van der Waals surface area (Å²) in [5, 5.41) is 108. The highest BCUT2D eigenvalue weighted by atomic mass is 32.2. The smallest absolute Gasteiger partial charge is 0.327 e. The topological polar surface area (TPSA) is 858 Å². The summed E-state index contributed by atoms with van der Waals surface area (Å²) in [4.78, 5) is 291. The predicted molar refractivity (Wildman–Crippen MR) is 551 cm³/mol. The van der Waals surface area contributed by atoms with Gasteiger partial charge in [-0.05, 0) is 120 Å². The number of guanidine groups is 2. The number of carboxylic acids is 1. The number of carboxylic acid groups (broad SMARTS) is 1. The van der Waals surface area contributed by atoms with Crippen LogP contribution in [0.5, 0.6) is 0 Å². The number of rotatable bonds is 68. The van der Waals surface area contributed by atoms with E-state index >= 15 is 0 Å². The highest BCUT2D eigenvalue weighted by Gasteiger charge is 2.41. The molecule has 0 unspecified atom stereocenters. The van der Waals surface area contributed by atoms with Gasteiger partial charge < -0.3 is 159 Å². The van der Waals surface area contributed by atoms with Crippen molar-refractivity contribution in [2.75, 3.05) is 57.2 Å². The van der Waals surface area contributed by atoms with E-state index in [1.54, 1.807) is 108 Å². The number of thiol groups is 1. The average Bonchev–Trinajstić information content (AvgIpc) is 1.07. The number of aliphatic carboxylic acids is 1. The molecule has 0 aliphatic rings. The summed E-state index contributed by atoms with van der Waals surface area (Å²) in [5.74, 6) is -21.6. The highest BCUT2D eigenvalue weighted by Crippen LogP contribution is 2.17. The lowest BCUT2D eigenvalue weighted by molar-refractivity contribution is -0.142. The number of aliphatic hydroxyl groups is 3. The second-order valence-electron chi connectivity index (χ2n) is 36.7. The molecule has 2 aromatic heterocycles. The molecule has 35 N–H and O–H groups in total. The minimum Gasteiger partial charge on any atom is -0.480 e. The second kappa shape index (κ2) is 66.6. The number of nitrogens with zero attached hydrogens (tertiary/aromatic N) is 2. The SMILES string of the molecule is CC[C@H](C)[C@H](NC(=O)[C@H](CC(C)C)NC(=O)[C@H](C)NC(=O)CNC(=O)CNC(=O)[C@H](CO)NC(=O)[C@H](Cc1ccccc1)NC(=O)[C@H](Cc1cnc[nH]1)NC(=O)[C@@H](N)CCCNC(=N)N)C(=O)N[C@@H](Cc1cnc[nH]1)C(=O)N[C@@H](C)C(=O)N[C@@H](CCCNC(=N)N)C(=O)N[C@@H](Cc1ccccc1)C(=O)N[C@@H](CC(C)C)C(=O)N[C@@H](CCSC)C(=O)N[C@H](C(=O)N[C@@H](C)C(=O)N[C@@H](C)C(=O)N[C@@H](CO)C(=O)N[C@@H](CS)C(=O)O)[C@@H](C)O. The molecule has 19 amide bonds. The number of carbonyl (C=O) groups is 20. The summed E-state index contributed by atoms with van der Waals surface area (Å²) >= 11 is 5.14. The van der Waals surface area contributed by atoms with E-state index in [1.807, 2.05) is 0 Å². The van der Waals surface area contributed by atoms with E-state index in [1.165, 1.54) is 64.5 Å². The second-order valence-corrected chi connectivity index (χ2v) is 38.0. The summed E-state index contributed by atoms with van der Waals surface area (Å²) in [6, 6.07) is -9.93. The Morgan fingerprint density at radius 1 is 0.387 bits per heavy atom. The third-order valence-electron chi connectivity index (χ3n) is 23.1. The average molecular weight is 2150 g/mol. The van der Waals surface area contributed by atoms with Crippen LogP contribution in [-0.2, 0) is 122 Å². The molecule has 0 radical (unpaired) electrons. The number of imidazole rings is 2. The number of hydrogen-bond acceptors (Lipinski definition) is 30. The zero-order valence-corrected chi connectivity index (χ0v) is 87.6. The van der Waals surface area contributed by atoms with Crippen LogP contribution >= 0.6 is 24.4 Å². The van der Waals surface area contributed by atoms with Crippen molar-refractivity contribution in [1.82, 2.24) is 132 Å². The molecule has 2 aromatic carbocycles. The quantitative estimate of drug-likeness (QED) is 0.00845. The Morgan fingerprint density at radius 3 is 1.17 bits per heavy atom. The van der Waals surface area contributed by atoms with Gasteiger partial charge in [0.15, 0.2) is 11.9 Å². The Hall–Kier alpha value is -14.7. The van der Waals surface area contributed by atoms with Gasteiger partial charge in [-0.15, -0.1) is 0 Å². The van der Waals surface area contributed by atoms with Crippen molar-refractivity contribution >= 4 is 155 Å². The molecule has 54 nitrogen and oxygen atoms in total. The molecule has 150 heavy (non-hydrogen) atoms. The van der Waals surface area contributed by atoms with E-state index in [-0.39, 0.29) is 113 Å². The van der Waals surface area contributed by atoms with Crippen LogP contribution in [0.1, 0.15) is 150 Å². The molecule has 56 heteroatoms. The Balaban J connectivity index is 1.47.